The number of hydrogen-bond donors (Lipinski definition) is 1. The summed E-state index contributed by atoms with van der Waals surface area (Å²) in [6.07, 6.45) is -0.321. The second kappa shape index (κ2) is 6.58. The van der Waals surface area contributed by atoms with Crippen LogP contribution in [0.15, 0.2) is 17.5 Å². The third-order valence-corrected chi connectivity index (χ3v) is 4.91. The summed E-state index contributed by atoms with van der Waals surface area (Å²) in [7, 11) is 0. The van der Waals surface area contributed by atoms with E-state index in [1.165, 1.54) is 16.2 Å². The zero-order valence-electron chi connectivity index (χ0n) is 11.7. The standard InChI is InChI=1S/C13H17F3N2OS2/c1-8(2)10-12(19)18(5-7-21-13(14,15)16)11(17-10)9-4-3-6-20-9/h3-4,6,8,10-11,17H,5,7H2,1-2H3. The highest BCUT2D eigenvalue weighted by atomic mass is 32.2. The third-order valence-electron chi connectivity index (χ3n) is 3.28. The minimum absolute atomic E-state index is 0.0851. The second-order valence-corrected chi connectivity index (χ2v) is 7.27. The Morgan fingerprint density at radius 3 is 2.71 bits per heavy atom. The maximum Gasteiger partial charge on any atom is 0.441 e. The molecule has 1 aliphatic heterocycles. The number of hydrogen-bond acceptors (Lipinski definition) is 4. The maximum atomic E-state index is 12.4. The van der Waals surface area contributed by atoms with Crippen LogP contribution in [0.25, 0.3) is 0 Å². The molecular weight excluding hydrogens is 321 g/mol. The van der Waals surface area contributed by atoms with Gasteiger partial charge in [0.05, 0.1) is 6.04 Å². The quantitative estimate of drug-likeness (QED) is 0.892. The van der Waals surface area contributed by atoms with Gasteiger partial charge in [-0.1, -0.05) is 19.9 Å². The highest BCUT2D eigenvalue weighted by Gasteiger charge is 2.41. The fourth-order valence-corrected chi connectivity index (χ4v) is 3.61. The highest BCUT2D eigenvalue weighted by molar-refractivity contribution is 8.00. The zero-order chi connectivity index (χ0) is 15.6. The number of nitrogens with zero attached hydrogens (tertiary/aromatic N) is 1. The summed E-state index contributed by atoms with van der Waals surface area (Å²) in [4.78, 5) is 14.9. The number of nitrogens with one attached hydrogen (secondary N) is 1. The first-order valence-corrected chi connectivity index (χ1v) is 8.47. The van der Waals surface area contributed by atoms with Gasteiger partial charge < -0.3 is 4.90 Å². The fraction of sp³-hybridized carbons (Fsp3) is 0.615. The van der Waals surface area contributed by atoms with E-state index < -0.39 is 5.51 Å². The minimum atomic E-state index is -4.26. The van der Waals surface area contributed by atoms with Gasteiger partial charge in [-0.05, 0) is 29.1 Å². The summed E-state index contributed by atoms with van der Waals surface area (Å²) in [5.41, 5.74) is -4.26. The predicted molar refractivity (Wildman–Crippen MR) is 79.0 cm³/mol. The zero-order valence-corrected chi connectivity index (χ0v) is 13.3. The van der Waals surface area contributed by atoms with Crippen LogP contribution in [-0.4, -0.2) is 34.7 Å². The van der Waals surface area contributed by atoms with Gasteiger partial charge in [0.2, 0.25) is 5.91 Å². The largest absolute Gasteiger partial charge is 0.441 e. The van der Waals surface area contributed by atoms with Crippen LogP contribution in [0.5, 0.6) is 0 Å². The minimum Gasteiger partial charge on any atom is -0.320 e. The van der Waals surface area contributed by atoms with Crippen LogP contribution in [0.3, 0.4) is 0 Å². The van der Waals surface area contributed by atoms with Crippen molar-refractivity contribution in [3.8, 4) is 0 Å². The van der Waals surface area contributed by atoms with Gasteiger partial charge >= 0.3 is 5.51 Å². The monoisotopic (exact) mass is 338 g/mol. The Kier molecular flexibility index (Phi) is 5.21. The molecule has 1 aromatic rings. The van der Waals surface area contributed by atoms with E-state index in [2.05, 4.69) is 5.32 Å². The molecule has 118 valence electrons. The first-order chi connectivity index (χ1) is 9.79. The van der Waals surface area contributed by atoms with Gasteiger partial charge in [-0.15, -0.1) is 11.3 Å². The molecule has 1 N–H and O–H groups in total. The molecule has 1 aliphatic rings. The number of carbonyl (C=O) groups is 1. The molecule has 21 heavy (non-hydrogen) atoms. The number of carbonyl (C=O) groups excluding carboxylic acids is 1. The maximum absolute atomic E-state index is 12.4. The molecule has 0 aromatic carbocycles. The van der Waals surface area contributed by atoms with Crippen LogP contribution < -0.4 is 5.32 Å². The van der Waals surface area contributed by atoms with Crippen molar-refractivity contribution >= 4 is 29.0 Å². The van der Waals surface area contributed by atoms with Crippen LogP contribution >= 0.6 is 23.1 Å². The second-order valence-electron chi connectivity index (χ2n) is 5.13. The average molecular weight is 338 g/mol. The van der Waals surface area contributed by atoms with Gasteiger partial charge in [-0.2, -0.15) is 13.2 Å². The first kappa shape index (κ1) is 16.6. The molecule has 1 amide bonds. The van der Waals surface area contributed by atoms with Crippen molar-refractivity contribution < 1.29 is 18.0 Å². The lowest BCUT2D eigenvalue weighted by Crippen LogP contribution is -2.35. The van der Waals surface area contributed by atoms with Crippen LogP contribution in [0.4, 0.5) is 13.2 Å². The first-order valence-electron chi connectivity index (χ1n) is 6.60. The fourth-order valence-electron chi connectivity index (χ4n) is 2.30. The summed E-state index contributed by atoms with van der Waals surface area (Å²) >= 11 is 1.41. The SMILES string of the molecule is CC(C)C1NC(c2cccs2)N(CCSC(F)(F)F)C1=O. The molecule has 2 atom stereocenters. The molecule has 1 aromatic heterocycles. The van der Waals surface area contributed by atoms with Crippen molar-refractivity contribution in [1.29, 1.82) is 0 Å². The molecule has 2 rings (SSSR count). The van der Waals surface area contributed by atoms with E-state index in [4.69, 9.17) is 0 Å². The Hall–Kier alpha value is -0.730. The molecule has 8 heteroatoms. The van der Waals surface area contributed by atoms with Crippen LogP contribution in [0.1, 0.15) is 24.9 Å². The Morgan fingerprint density at radius 2 is 2.19 bits per heavy atom. The van der Waals surface area contributed by atoms with Crippen molar-refractivity contribution in [2.75, 3.05) is 12.3 Å². The Morgan fingerprint density at radius 1 is 1.48 bits per heavy atom. The number of alkyl halides is 3. The Balaban J connectivity index is 2.08. The molecule has 0 spiro atoms. The predicted octanol–water partition coefficient (Wildman–Crippen LogP) is 3.46. The topological polar surface area (TPSA) is 32.3 Å². The van der Waals surface area contributed by atoms with Gasteiger partial charge in [0.1, 0.15) is 6.17 Å². The molecule has 1 fully saturated rings. The molecule has 2 unspecified atom stereocenters. The number of thiophene rings is 1. The van der Waals surface area contributed by atoms with Crippen molar-refractivity contribution in [2.24, 2.45) is 5.92 Å². The van der Waals surface area contributed by atoms with E-state index >= 15 is 0 Å². The summed E-state index contributed by atoms with van der Waals surface area (Å²) < 4.78 is 36.7. The van der Waals surface area contributed by atoms with Gasteiger partial charge in [-0.25, -0.2) is 0 Å². The van der Waals surface area contributed by atoms with Crippen molar-refractivity contribution in [2.45, 2.75) is 31.6 Å². The van der Waals surface area contributed by atoms with Crippen LogP contribution in [0, 0.1) is 5.92 Å². The summed E-state index contributed by atoms with van der Waals surface area (Å²) in [5.74, 6) is -0.171. The van der Waals surface area contributed by atoms with Crippen molar-refractivity contribution in [1.82, 2.24) is 10.2 Å². The lowest BCUT2D eigenvalue weighted by molar-refractivity contribution is -0.130. The van der Waals surface area contributed by atoms with Gasteiger partial charge in [0.15, 0.2) is 0 Å². The average Bonchev–Trinajstić information content (AvgIpc) is 2.96. The summed E-state index contributed by atoms with van der Waals surface area (Å²) in [6.45, 7) is 3.94. The third kappa shape index (κ3) is 4.14. The molecule has 0 bridgehead atoms. The van der Waals surface area contributed by atoms with Gasteiger partial charge in [-0.3, -0.25) is 10.1 Å². The molecule has 0 radical (unpaired) electrons. The molecule has 0 aliphatic carbocycles. The van der Waals surface area contributed by atoms with E-state index in [0.29, 0.717) is 0 Å². The number of thioether (sulfide) groups is 1. The lowest BCUT2D eigenvalue weighted by atomic mass is 10.1. The Labute approximate surface area is 129 Å². The van der Waals surface area contributed by atoms with Crippen LogP contribution in [-0.2, 0) is 4.79 Å². The van der Waals surface area contributed by atoms with E-state index in [0.717, 1.165) is 4.88 Å². The lowest BCUT2D eigenvalue weighted by Gasteiger charge is -2.23. The molecule has 3 nitrogen and oxygen atoms in total. The Bertz CT molecular complexity index is 476. The molecular formula is C13H17F3N2OS2. The molecule has 0 saturated carbocycles. The molecule has 2 heterocycles. The highest BCUT2D eigenvalue weighted by Crippen LogP contribution is 2.33. The van der Waals surface area contributed by atoms with Gasteiger partial charge in [0.25, 0.3) is 0 Å². The van der Waals surface area contributed by atoms with Gasteiger partial charge in [0, 0.05) is 17.2 Å². The summed E-state index contributed by atoms with van der Waals surface area (Å²) in [5, 5.41) is 5.13. The smallest absolute Gasteiger partial charge is 0.320 e. The number of halogens is 3. The van der Waals surface area contributed by atoms with Crippen molar-refractivity contribution in [3.63, 3.8) is 0 Å². The van der Waals surface area contributed by atoms with E-state index in [-0.39, 0.29) is 48.1 Å². The number of rotatable bonds is 5. The number of amides is 1. The summed E-state index contributed by atoms with van der Waals surface area (Å²) in [6, 6.07) is 3.42. The normalized spacial score (nSPS) is 23.3. The van der Waals surface area contributed by atoms with E-state index in [1.54, 1.807) is 0 Å². The van der Waals surface area contributed by atoms with Crippen molar-refractivity contribution in [3.05, 3.63) is 22.4 Å². The van der Waals surface area contributed by atoms with Crippen LogP contribution in [0.2, 0.25) is 0 Å². The van der Waals surface area contributed by atoms with E-state index in [9.17, 15) is 18.0 Å². The van der Waals surface area contributed by atoms with E-state index in [1.807, 2.05) is 31.4 Å². The molecule has 1 saturated heterocycles.